The second kappa shape index (κ2) is 7.32. The van der Waals surface area contributed by atoms with Gasteiger partial charge in [0.2, 0.25) is 0 Å². The second-order valence-electron chi connectivity index (χ2n) is 4.91. The molecule has 0 saturated carbocycles. The number of rotatable bonds is 5. The van der Waals surface area contributed by atoms with Gasteiger partial charge in [-0.3, -0.25) is 10.1 Å². The molecule has 118 valence electrons. The first-order valence-electron chi connectivity index (χ1n) is 5.88. The molecule has 0 saturated heterocycles. The van der Waals surface area contributed by atoms with Gasteiger partial charge in [-0.25, -0.2) is 4.79 Å². The largest absolute Gasteiger partial charge is 0.471 e. The Bertz CT molecular complexity index is 340. The molecular formula is C11H19F3N2O4. The lowest BCUT2D eigenvalue weighted by Gasteiger charge is -2.22. The Morgan fingerprint density at radius 2 is 1.75 bits per heavy atom. The highest BCUT2D eigenvalue weighted by Crippen LogP contribution is 2.13. The summed E-state index contributed by atoms with van der Waals surface area (Å²) in [6, 6.07) is 0. The van der Waals surface area contributed by atoms with E-state index < -0.39 is 30.0 Å². The third-order valence-electron chi connectivity index (χ3n) is 1.73. The lowest BCUT2D eigenvalue weighted by atomic mass is 10.2. The van der Waals surface area contributed by atoms with E-state index in [1.165, 1.54) is 6.92 Å². The van der Waals surface area contributed by atoms with Crippen LogP contribution in [0.25, 0.3) is 0 Å². The standard InChI is InChI=1S/C11H19F3N2O4/c1-7(16-9(18)20-10(2,3)4)19-6-5-15-8(17)11(12,13)14/h7H,5-6H2,1-4H3,(H,15,17)(H,16,18). The van der Waals surface area contributed by atoms with E-state index in [-0.39, 0.29) is 13.2 Å². The van der Waals surface area contributed by atoms with Gasteiger partial charge in [0.25, 0.3) is 0 Å². The minimum Gasteiger partial charge on any atom is -0.444 e. The Balaban J connectivity index is 3.82. The topological polar surface area (TPSA) is 76.7 Å². The lowest BCUT2D eigenvalue weighted by Crippen LogP contribution is -2.41. The summed E-state index contributed by atoms with van der Waals surface area (Å²) >= 11 is 0. The Morgan fingerprint density at radius 3 is 2.20 bits per heavy atom. The van der Waals surface area contributed by atoms with Crippen molar-refractivity contribution in [2.45, 2.75) is 45.7 Å². The van der Waals surface area contributed by atoms with Gasteiger partial charge in [0.1, 0.15) is 11.8 Å². The molecule has 6 nitrogen and oxygen atoms in total. The number of hydrogen-bond donors (Lipinski definition) is 2. The molecule has 0 heterocycles. The van der Waals surface area contributed by atoms with E-state index >= 15 is 0 Å². The molecule has 0 radical (unpaired) electrons. The van der Waals surface area contributed by atoms with E-state index in [1.54, 1.807) is 26.1 Å². The number of ether oxygens (including phenoxy) is 2. The smallest absolute Gasteiger partial charge is 0.444 e. The first-order chi connectivity index (χ1) is 8.92. The highest BCUT2D eigenvalue weighted by atomic mass is 19.4. The molecule has 20 heavy (non-hydrogen) atoms. The van der Waals surface area contributed by atoms with Crippen LogP contribution in [0.1, 0.15) is 27.7 Å². The van der Waals surface area contributed by atoms with Crippen molar-refractivity contribution in [2.75, 3.05) is 13.2 Å². The van der Waals surface area contributed by atoms with E-state index in [0.29, 0.717) is 0 Å². The zero-order chi connectivity index (χ0) is 16.0. The molecule has 0 aliphatic rings. The third-order valence-corrected chi connectivity index (χ3v) is 1.73. The van der Waals surface area contributed by atoms with E-state index in [4.69, 9.17) is 9.47 Å². The van der Waals surface area contributed by atoms with Gasteiger partial charge in [0, 0.05) is 6.54 Å². The van der Waals surface area contributed by atoms with E-state index in [1.807, 2.05) is 0 Å². The second-order valence-corrected chi connectivity index (χ2v) is 4.91. The highest BCUT2D eigenvalue weighted by Gasteiger charge is 2.38. The fourth-order valence-corrected chi connectivity index (χ4v) is 1.02. The van der Waals surface area contributed by atoms with E-state index in [2.05, 4.69) is 5.32 Å². The van der Waals surface area contributed by atoms with Crippen LogP contribution in [0, 0.1) is 0 Å². The third kappa shape index (κ3) is 9.42. The van der Waals surface area contributed by atoms with Crippen LogP contribution in [-0.4, -0.2) is 43.2 Å². The van der Waals surface area contributed by atoms with Gasteiger partial charge < -0.3 is 14.8 Å². The first-order valence-corrected chi connectivity index (χ1v) is 5.88. The minimum atomic E-state index is -4.92. The predicted molar refractivity (Wildman–Crippen MR) is 63.8 cm³/mol. The van der Waals surface area contributed by atoms with Crippen LogP contribution in [0.15, 0.2) is 0 Å². The number of nitrogens with one attached hydrogen (secondary N) is 2. The highest BCUT2D eigenvalue weighted by molar-refractivity contribution is 5.81. The van der Waals surface area contributed by atoms with Crippen molar-refractivity contribution in [1.82, 2.24) is 10.6 Å². The molecule has 2 amide bonds. The summed E-state index contributed by atoms with van der Waals surface area (Å²) < 4.78 is 45.5. The Hall–Kier alpha value is -1.51. The van der Waals surface area contributed by atoms with E-state index in [0.717, 1.165) is 0 Å². The molecule has 2 N–H and O–H groups in total. The number of alkyl carbamates (subject to hydrolysis) is 1. The van der Waals surface area contributed by atoms with Crippen LogP contribution >= 0.6 is 0 Å². The van der Waals surface area contributed by atoms with Crippen LogP contribution in [0.5, 0.6) is 0 Å². The number of carbonyl (C=O) groups is 2. The summed E-state index contributed by atoms with van der Waals surface area (Å²) in [5.74, 6) is -2.03. The average molecular weight is 300 g/mol. The fourth-order valence-electron chi connectivity index (χ4n) is 1.02. The molecule has 0 aliphatic heterocycles. The maximum absolute atomic E-state index is 11.8. The quantitative estimate of drug-likeness (QED) is 0.596. The van der Waals surface area contributed by atoms with Crippen LogP contribution in [0.2, 0.25) is 0 Å². The first kappa shape index (κ1) is 18.5. The molecule has 0 rings (SSSR count). The number of hydrogen-bond acceptors (Lipinski definition) is 4. The molecule has 0 aromatic carbocycles. The van der Waals surface area contributed by atoms with Crippen LogP contribution in [0.4, 0.5) is 18.0 Å². The zero-order valence-electron chi connectivity index (χ0n) is 11.8. The summed E-state index contributed by atoms with van der Waals surface area (Å²) in [5, 5.41) is 3.97. The van der Waals surface area contributed by atoms with Crippen LogP contribution < -0.4 is 10.6 Å². The van der Waals surface area contributed by atoms with Crippen molar-refractivity contribution in [2.24, 2.45) is 0 Å². The zero-order valence-corrected chi connectivity index (χ0v) is 11.8. The van der Waals surface area contributed by atoms with Gasteiger partial charge in [0.05, 0.1) is 6.61 Å². The molecule has 0 aliphatic carbocycles. The SMILES string of the molecule is CC(NC(=O)OC(C)(C)C)OCCNC(=O)C(F)(F)F. The summed E-state index contributed by atoms with van der Waals surface area (Å²) in [7, 11) is 0. The fraction of sp³-hybridized carbons (Fsp3) is 0.818. The maximum Gasteiger partial charge on any atom is 0.471 e. The normalized spacial score (nSPS) is 13.6. The van der Waals surface area contributed by atoms with Gasteiger partial charge in [-0.05, 0) is 27.7 Å². The minimum absolute atomic E-state index is 0.182. The molecular weight excluding hydrogens is 281 g/mol. The monoisotopic (exact) mass is 300 g/mol. The average Bonchev–Trinajstić information content (AvgIpc) is 2.19. The summed E-state index contributed by atoms with van der Waals surface area (Å²) in [6.07, 6.45) is -6.38. The number of alkyl halides is 3. The number of amides is 2. The van der Waals surface area contributed by atoms with Gasteiger partial charge in [-0.1, -0.05) is 0 Å². The van der Waals surface area contributed by atoms with Gasteiger partial charge in [-0.2, -0.15) is 13.2 Å². The molecule has 1 unspecified atom stereocenters. The number of halogens is 3. The predicted octanol–water partition coefficient (Wildman–Crippen LogP) is 1.55. The molecule has 0 spiro atoms. The molecule has 0 aromatic rings. The Kier molecular flexibility index (Phi) is 6.77. The Labute approximate surface area is 115 Å². The van der Waals surface area contributed by atoms with Crippen molar-refractivity contribution < 1.29 is 32.2 Å². The van der Waals surface area contributed by atoms with Gasteiger partial charge in [0.15, 0.2) is 0 Å². The maximum atomic E-state index is 11.8. The van der Waals surface area contributed by atoms with Gasteiger partial charge >= 0.3 is 18.2 Å². The van der Waals surface area contributed by atoms with Crippen molar-refractivity contribution in [3.8, 4) is 0 Å². The van der Waals surface area contributed by atoms with E-state index in [9.17, 15) is 22.8 Å². The molecule has 9 heteroatoms. The molecule has 0 bridgehead atoms. The number of carbonyl (C=O) groups excluding carboxylic acids is 2. The molecule has 0 aromatic heterocycles. The summed E-state index contributed by atoms with van der Waals surface area (Å²) in [4.78, 5) is 21.8. The van der Waals surface area contributed by atoms with Crippen LogP contribution in [0.3, 0.4) is 0 Å². The van der Waals surface area contributed by atoms with Crippen molar-refractivity contribution in [1.29, 1.82) is 0 Å². The van der Waals surface area contributed by atoms with Crippen molar-refractivity contribution in [3.63, 3.8) is 0 Å². The molecule has 1 atom stereocenters. The summed E-state index contributed by atoms with van der Waals surface area (Å²) in [5.41, 5.74) is -0.662. The Morgan fingerprint density at radius 1 is 1.20 bits per heavy atom. The van der Waals surface area contributed by atoms with Crippen molar-refractivity contribution in [3.05, 3.63) is 0 Å². The molecule has 0 fully saturated rings. The van der Waals surface area contributed by atoms with Crippen LogP contribution in [-0.2, 0) is 14.3 Å². The lowest BCUT2D eigenvalue weighted by molar-refractivity contribution is -0.173. The summed E-state index contributed by atoms with van der Waals surface area (Å²) in [6.45, 7) is 6.04. The van der Waals surface area contributed by atoms with Crippen molar-refractivity contribution >= 4 is 12.0 Å². The van der Waals surface area contributed by atoms with Gasteiger partial charge in [-0.15, -0.1) is 0 Å².